The maximum atomic E-state index is 14.0. The normalized spacial score (nSPS) is 11.9. The first kappa shape index (κ1) is 29.7. The number of likely N-dealkylation sites (N-methyl/N-ethyl adjacent to an activating group) is 1. The minimum atomic E-state index is -4.15. The van der Waals surface area contributed by atoms with E-state index in [4.69, 9.17) is 4.74 Å². The van der Waals surface area contributed by atoms with Gasteiger partial charge in [0.15, 0.2) is 0 Å². The van der Waals surface area contributed by atoms with Gasteiger partial charge < -0.3 is 15.0 Å². The second-order valence-electron chi connectivity index (χ2n) is 8.87. The molecule has 2 amide bonds. The van der Waals surface area contributed by atoms with E-state index in [-0.39, 0.29) is 23.0 Å². The number of hydrogen-bond acceptors (Lipinski definition) is 5. The molecule has 0 fully saturated rings. The van der Waals surface area contributed by atoms with Gasteiger partial charge in [-0.1, -0.05) is 67.6 Å². The molecule has 3 aromatic rings. The summed E-state index contributed by atoms with van der Waals surface area (Å²) in [5.74, 6) is -0.401. The van der Waals surface area contributed by atoms with Gasteiger partial charge in [-0.15, -0.1) is 0 Å². The lowest BCUT2D eigenvalue weighted by Gasteiger charge is -2.33. The first-order valence-electron chi connectivity index (χ1n) is 13.2. The van der Waals surface area contributed by atoms with Crippen LogP contribution in [0.5, 0.6) is 5.75 Å². The fourth-order valence-electron chi connectivity index (χ4n) is 4.36. The Kier molecular flexibility index (Phi) is 10.9. The van der Waals surface area contributed by atoms with Crippen molar-refractivity contribution in [2.75, 3.05) is 30.5 Å². The van der Waals surface area contributed by atoms with Gasteiger partial charge in [0.05, 0.1) is 17.2 Å². The molecule has 0 saturated heterocycles. The molecule has 3 rings (SSSR count). The second kappa shape index (κ2) is 14.3. The van der Waals surface area contributed by atoms with Gasteiger partial charge in [-0.3, -0.25) is 13.9 Å². The quantitative estimate of drug-likeness (QED) is 0.323. The summed E-state index contributed by atoms with van der Waals surface area (Å²) in [4.78, 5) is 28.5. The molecule has 3 aromatic carbocycles. The van der Waals surface area contributed by atoms with Gasteiger partial charge in [-0.05, 0) is 56.5 Å². The first-order valence-corrected chi connectivity index (χ1v) is 14.7. The van der Waals surface area contributed by atoms with Crippen LogP contribution in [0.3, 0.4) is 0 Å². The number of nitrogens with one attached hydrogen (secondary N) is 1. The van der Waals surface area contributed by atoms with Crippen molar-refractivity contribution in [3.63, 3.8) is 0 Å². The molecule has 0 bridgehead atoms. The van der Waals surface area contributed by atoms with E-state index in [0.29, 0.717) is 31.7 Å². The van der Waals surface area contributed by atoms with Crippen molar-refractivity contribution in [1.82, 2.24) is 10.2 Å². The van der Waals surface area contributed by atoms with Crippen LogP contribution < -0.4 is 14.4 Å². The number of ether oxygens (including phenoxy) is 1. The second-order valence-corrected chi connectivity index (χ2v) is 10.7. The van der Waals surface area contributed by atoms with Gasteiger partial charge in [-0.25, -0.2) is 8.42 Å². The third kappa shape index (κ3) is 7.60. The molecule has 39 heavy (non-hydrogen) atoms. The predicted octanol–water partition coefficient (Wildman–Crippen LogP) is 4.27. The van der Waals surface area contributed by atoms with Crippen molar-refractivity contribution in [3.8, 4) is 5.75 Å². The lowest BCUT2D eigenvalue weighted by molar-refractivity contribution is -0.139. The summed E-state index contributed by atoms with van der Waals surface area (Å²) < 4.78 is 34.7. The Morgan fingerprint density at radius 3 is 2.10 bits per heavy atom. The maximum absolute atomic E-state index is 14.0. The zero-order chi connectivity index (χ0) is 28.3. The third-order valence-electron chi connectivity index (χ3n) is 6.26. The fourth-order valence-corrected chi connectivity index (χ4v) is 5.81. The Labute approximate surface area is 231 Å². The minimum absolute atomic E-state index is 0.0516. The molecule has 1 N–H and O–H groups in total. The number of rotatable bonds is 14. The number of para-hydroxylation sites is 2. The van der Waals surface area contributed by atoms with Crippen LogP contribution in [0.15, 0.2) is 89.8 Å². The van der Waals surface area contributed by atoms with E-state index in [1.165, 1.54) is 17.0 Å². The van der Waals surface area contributed by atoms with E-state index in [1.807, 2.05) is 51.1 Å². The van der Waals surface area contributed by atoms with Crippen LogP contribution in [0.4, 0.5) is 5.69 Å². The molecule has 0 saturated carbocycles. The van der Waals surface area contributed by atoms with Gasteiger partial charge in [0.2, 0.25) is 11.8 Å². The number of sulfonamides is 1. The molecular formula is C30H37N3O5S. The van der Waals surface area contributed by atoms with Crippen LogP contribution in [-0.4, -0.2) is 57.4 Å². The van der Waals surface area contributed by atoms with E-state index in [9.17, 15) is 18.0 Å². The highest BCUT2D eigenvalue weighted by Crippen LogP contribution is 2.32. The highest BCUT2D eigenvalue weighted by molar-refractivity contribution is 7.92. The Bertz CT molecular complexity index is 1320. The average Bonchev–Trinajstić information content (AvgIpc) is 2.95. The zero-order valence-electron chi connectivity index (χ0n) is 22.7. The van der Waals surface area contributed by atoms with Crippen molar-refractivity contribution in [1.29, 1.82) is 0 Å². The summed E-state index contributed by atoms with van der Waals surface area (Å²) >= 11 is 0. The smallest absolute Gasteiger partial charge is 0.264 e. The Hall–Kier alpha value is -3.85. The van der Waals surface area contributed by atoms with Gasteiger partial charge in [0, 0.05) is 13.1 Å². The number of nitrogens with zero attached hydrogens (tertiary/aromatic N) is 2. The maximum Gasteiger partial charge on any atom is 0.264 e. The Morgan fingerprint density at radius 1 is 0.872 bits per heavy atom. The number of hydrogen-bond donors (Lipinski definition) is 1. The van der Waals surface area contributed by atoms with Gasteiger partial charge >= 0.3 is 0 Å². The number of amides is 2. The van der Waals surface area contributed by atoms with E-state index in [2.05, 4.69) is 5.32 Å². The number of carbonyl (C=O) groups excluding carboxylic acids is 2. The third-order valence-corrected chi connectivity index (χ3v) is 8.04. The molecular weight excluding hydrogens is 514 g/mol. The number of anilines is 1. The molecule has 0 aromatic heterocycles. The molecule has 0 aliphatic heterocycles. The molecule has 0 aliphatic rings. The van der Waals surface area contributed by atoms with Gasteiger partial charge in [-0.2, -0.15) is 0 Å². The molecule has 1 atom stereocenters. The van der Waals surface area contributed by atoms with E-state index in [0.717, 1.165) is 9.87 Å². The molecule has 0 spiro atoms. The van der Waals surface area contributed by atoms with Crippen molar-refractivity contribution in [2.24, 2.45) is 0 Å². The summed E-state index contributed by atoms with van der Waals surface area (Å²) in [5.41, 5.74) is 1.27. The van der Waals surface area contributed by atoms with Crippen LogP contribution in [0.2, 0.25) is 0 Å². The SMILES string of the molecule is CCNC(=O)[C@H](CC)N(CCc1ccccc1)C(=O)CN(c1ccccc1OCC)S(=O)(=O)c1ccccc1. The molecule has 0 radical (unpaired) electrons. The van der Waals surface area contributed by atoms with Crippen LogP contribution in [0.25, 0.3) is 0 Å². The monoisotopic (exact) mass is 551 g/mol. The summed E-state index contributed by atoms with van der Waals surface area (Å²) in [6.07, 6.45) is 0.900. The van der Waals surface area contributed by atoms with Crippen molar-refractivity contribution in [2.45, 2.75) is 44.6 Å². The van der Waals surface area contributed by atoms with E-state index in [1.54, 1.807) is 42.5 Å². The average molecular weight is 552 g/mol. The Balaban J connectivity index is 2.04. The van der Waals surface area contributed by atoms with E-state index >= 15 is 0 Å². The number of carbonyl (C=O) groups is 2. The van der Waals surface area contributed by atoms with Crippen molar-refractivity contribution < 1.29 is 22.7 Å². The predicted molar refractivity (Wildman–Crippen MR) is 153 cm³/mol. The number of benzene rings is 3. The van der Waals surface area contributed by atoms with Crippen LogP contribution in [0.1, 0.15) is 32.8 Å². The lowest BCUT2D eigenvalue weighted by Crippen LogP contribution is -2.53. The Morgan fingerprint density at radius 2 is 1.49 bits per heavy atom. The van der Waals surface area contributed by atoms with Gasteiger partial charge in [0.1, 0.15) is 18.3 Å². The van der Waals surface area contributed by atoms with Gasteiger partial charge in [0.25, 0.3) is 10.0 Å². The zero-order valence-corrected chi connectivity index (χ0v) is 23.6. The standard InChI is InChI=1S/C30H37N3O5S/c1-4-26(30(35)31-5-2)32(22-21-24-15-9-7-10-16-24)29(34)23-33(27-19-13-14-20-28(27)38-6-3)39(36,37)25-17-11-8-12-18-25/h7-20,26H,4-6,21-23H2,1-3H3,(H,31,35)/t26-/m0/s1. The van der Waals surface area contributed by atoms with Crippen LogP contribution in [-0.2, 0) is 26.0 Å². The largest absolute Gasteiger partial charge is 0.492 e. The molecule has 0 aliphatic carbocycles. The molecule has 9 heteroatoms. The molecule has 0 unspecified atom stereocenters. The lowest BCUT2D eigenvalue weighted by atomic mass is 10.1. The summed E-state index contributed by atoms with van der Waals surface area (Å²) in [6.45, 7) is 5.97. The molecule has 208 valence electrons. The first-order chi connectivity index (χ1) is 18.8. The van der Waals surface area contributed by atoms with Crippen LogP contribution >= 0.6 is 0 Å². The topological polar surface area (TPSA) is 96.0 Å². The summed E-state index contributed by atoms with van der Waals surface area (Å²) in [6, 6.07) is 23.6. The highest BCUT2D eigenvalue weighted by atomic mass is 32.2. The van der Waals surface area contributed by atoms with Crippen molar-refractivity contribution in [3.05, 3.63) is 90.5 Å². The fraction of sp³-hybridized carbons (Fsp3) is 0.333. The van der Waals surface area contributed by atoms with E-state index < -0.39 is 28.5 Å². The minimum Gasteiger partial charge on any atom is -0.492 e. The highest BCUT2D eigenvalue weighted by Gasteiger charge is 2.34. The molecule has 8 nitrogen and oxygen atoms in total. The summed E-state index contributed by atoms with van der Waals surface area (Å²) in [7, 11) is -4.15. The van der Waals surface area contributed by atoms with Crippen LogP contribution in [0, 0.1) is 0 Å². The van der Waals surface area contributed by atoms with Crippen molar-refractivity contribution >= 4 is 27.5 Å². The molecule has 0 heterocycles. The summed E-state index contributed by atoms with van der Waals surface area (Å²) in [5, 5.41) is 2.81.